The van der Waals surface area contributed by atoms with Gasteiger partial charge in [-0.25, -0.2) is 0 Å². The molecule has 2 heteroatoms. The third-order valence-electron chi connectivity index (χ3n) is 8.62. The number of fused-ring (bicyclic) bond motifs is 10. The molecule has 9 aromatic rings. The summed E-state index contributed by atoms with van der Waals surface area (Å²) in [6.07, 6.45) is 0. The second kappa shape index (κ2) is 9.17. The highest BCUT2D eigenvalue weighted by Crippen LogP contribution is 2.45. The van der Waals surface area contributed by atoms with Crippen LogP contribution in [0.15, 0.2) is 152 Å². The molecule has 0 fully saturated rings. The normalized spacial score (nSPS) is 11.8. The third kappa shape index (κ3) is 3.49. The number of benzene rings is 8. The van der Waals surface area contributed by atoms with E-state index in [9.17, 15) is 0 Å². The van der Waals surface area contributed by atoms with E-state index in [-0.39, 0.29) is 0 Å². The second-order valence-electron chi connectivity index (χ2n) is 10.9. The molecule has 1 nitrogen and oxygen atoms in total. The van der Waals surface area contributed by atoms with Gasteiger partial charge in [0.1, 0.15) is 0 Å². The lowest BCUT2D eigenvalue weighted by molar-refractivity contribution is 1.30. The van der Waals surface area contributed by atoms with Gasteiger partial charge in [-0.2, -0.15) is 0 Å². The molecule has 0 aliphatic carbocycles. The zero-order valence-electron chi connectivity index (χ0n) is 22.8. The molecule has 0 spiro atoms. The van der Waals surface area contributed by atoms with E-state index in [1.165, 1.54) is 68.9 Å². The van der Waals surface area contributed by atoms with Crippen molar-refractivity contribution in [1.82, 2.24) is 0 Å². The van der Waals surface area contributed by atoms with Crippen LogP contribution in [-0.4, -0.2) is 0 Å². The van der Waals surface area contributed by atoms with Crippen LogP contribution in [0.4, 0.5) is 17.1 Å². The number of hydrogen-bond donors (Lipinski definition) is 0. The van der Waals surface area contributed by atoms with Gasteiger partial charge in [-0.3, -0.25) is 0 Å². The fourth-order valence-electron chi connectivity index (χ4n) is 6.72. The molecule has 0 atom stereocenters. The maximum Gasteiger partial charge on any atom is 0.0540 e. The summed E-state index contributed by atoms with van der Waals surface area (Å²) in [6.45, 7) is 0. The molecule has 0 unspecified atom stereocenters. The monoisotopic (exact) mass is 551 g/mol. The summed E-state index contributed by atoms with van der Waals surface area (Å²) in [7, 11) is 0. The first-order valence-corrected chi connectivity index (χ1v) is 15.2. The zero-order valence-corrected chi connectivity index (χ0v) is 23.6. The Morgan fingerprint density at radius 3 is 1.90 bits per heavy atom. The van der Waals surface area contributed by atoms with Crippen LogP contribution >= 0.6 is 11.3 Å². The third-order valence-corrected chi connectivity index (χ3v) is 9.75. The van der Waals surface area contributed by atoms with Gasteiger partial charge in [0.05, 0.1) is 5.69 Å². The molecule has 9 rings (SSSR count). The molecule has 42 heavy (non-hydrogen) atoms. The summed E-state index contributed by atoms with van der Waals surface area (Å²) in [5.74, 6) is 0. The summed E-state index contributed by atoms with van der Waals surface area (Å²) < 4.78 is 2.66. The van der Waals surface area contributed by atoms with Gasteiger partial charge in [-0.1, -0.05) is 109 Å². The van der Waals surface area contributed by atoms with Crippen LogP contribution in [-0.2, 0) is 0 Å². The zero-order chi connectivity index (χ0) is 27.6. The van der Waals surface area contributed by atoms with Gasteiger partial charge in [0.15, 0.2) is 0 Å². The first kappa shape index (κ1) is 23.5. The number of para-hydroxylation sites is 1. The van der Waals surface area contributed by atoms with Crippen LogP contribution in [0.3, 0.4) is 0 Å². The van der Waals surface area contributed by atoms with Crippen molar-refractivity contribution in [2.75, 3.05) is 4.90 Å². The summed E-state index contributed by atoms with van der Waals surface area (Å²) >= 11 is 1.87. The first-order chi connectivity index (χ1) is 20.8. The van der Waals surface area contributed by atoms with Crippen molar-refractivity contribution in [3.8, 4) is 0 Å². The molecule has 0 bridgehead atoms. The Morgan fingerprint density at radius 2 is 1.02 bits per heavy atom. The molecule has 0 aliphatic heterocycles. The summed E-state index contributed by atoms with van der Waals surface area (Å²) in [4.78, 5) is 2.41. The highest BCUT2D eigenvalue weighted by atomic mass is 32.1. The second-order valence-corrected chi connectivity index (χ2v) is 12.0. The van der Waals surface area contributed by atoms with Gasteiger partial charge in [0.2, 0.25) is 0 Å². The van der Waals surface area contributed by atoms with Crippen molar-refractivity contribution in [2.24, 2.45) is 0 Å². The average Bonchev–Trinajstić information content (AvgIpc) is 3.44. The van der Waals surface area contributed by atoms with E-state index in [2.05, 4.69) is 157 Å². The maximum atomic E-state index is 2.41. The van der Waals surface area contributed by atoms with Gasteiger partial charge in [-0.05, 0) is 80.2 Å². The number of thiophene rings is 1. The molecule has 0 amide bonds. The average molecular weight is 552 g/mol. The van der Waals surface area contributed by atoms with E-state index in [1.807, 2.05) is 11.3 Å². The predicted molar refractivity (Wildman–Crippen MR) is 184 cm³/mol. The smallest absolute Gasteiger partial charge is 0.0540 e. The Hall–Kier alpha value is -5.18. The lowest BCUT2D eigenvalue weighted by Crippen LogP contribution is -2.10. The van der Waals surface area contributed by atoms with E-state index in [0.29, 0.717) is 0 Å². The van der Waals surface area contributed by atoms with Crippen molar-refractivity contribution in [2.45, 2.75) is 0 Å². The van der Waals surface area contributed by atoms with Crippen LogP contribution in [0.2, 0.25) is 0 Å². The molecule has 0 N–H and O–H groups in total. The standard InChI is InChI=1S/C40H25NS/c1-2-10-28(11-3-1)41(37-15-8-14-35-34(37)23-24-39-40(35)36-13-6-7-16-38(36)42-39)29-19-22-31-27(25-29)18-21-32-30-12-5-4-9-26(30)17-20-33(31)32/h1-25H. The lowest BCUT2D eigenvalue weighted by atomic mass is 9.96. The van der Waals surface area contributed by atoms with Crippen molar-refractivity contribution in [1.29, 1.82) is 0 Å². The minimum Gasteiger partial charge on any atom is -0.310 e. The molecule has 8 aromatic carbocycles. The van der Waals surface area contributed by atoms with Crippen molar-refractivity contribution >= 4 is 91.7 Å². The van der Waals surface area contributed by atoms with Gasteiger partial charge in [0, 0.05) is 36.9 Å². The fraction of sp³-hybridized carbons (Fsp3) is 0. The molecule has 0 radical (unpaired) electrons. The Morgan fingerprint density at radius 1 is 0.357 bits per heavy atom. The van der Waals surface area contributed by atoms with Gasteiger partial charge in [-0.15, -0.1) is 11.3 Å². The Kier molecular flexibility index (Phi) is 5.13. The van der Waals surface area contributed by atoms with Crippen molar-refractivity contribution < 1.29 is 0 Å². The quantitative estimate of drug-likeness (QED) is 0.197. The Labute approximate surface area is 247 Å². The van der Waals surface area contributed by atoms with Crippen LogP contribution in [0, 0.1) is 0 Å². The van der Waals surface area contributed by atoms with E-state index in [4.69, 9.17) is 0 Å². The molecule has 1 aromatic heterocycles. The predicted octanol–water partition coefficient (Wildman–Crippen LogP) is 12.1. The molecule has 0 saturated heterocycles. The van der Waals surface area contributed by atoms with Crippen molar-refractivity contribution in [3.63, 3.8) is 0 Å². The largest absolute Gasteiger partial charge is 0.310 e. The van der Waals surface area contributed by atoms with E-state index in [0.717, 1.165) is 11.4 Å². The van der Waals surface area contributed by atoms with Crippen molar-refractivity contribution in [3.05, 3.63) is 152 Å². The van der Waals surface area contributed by atoms with E-state index >= 15 is 0 Å². The van der Waals surface area contributed by atoms with Gasteiger partial charge >= 0.3 is 0 Å². The van der Waals surface area contributed by atoms with Crippen LogP contribution < -0.4 is 4.90 Å². The molecule has 0 aliphatic rings. The SMILES string of the molecule is c1ccc(N(c2ccc3c(ccc4c5ccccc5ccc34)c2)c2cccc3c2ccc2sc4ccccc4c23)cc1. The van der Waals surface area contributed by atoms with Crippen LogP contribution in [0.5, 0.6) is 0 Å². The minimum absolute atomic E-state index is 1.14. The number of hydrogen-bond acceptors (Lipinski definition) is 2. The summed E-state index contributed by atoms with van der Waals surface area (Å²) in [5.41, 5.74) is 3.48. The molecular formula is C40H25NS. The number of nitrogens with zero attached hydrogens (tertiary/aromatic N) is 1. The Bertz CT molecular complexity index is 2470. The molecule has 1 heterocycles. The Balaban J connectivity index is 1.30. The summed E-state index contributed by atoms with van der Waals surface area (Å²) in [6, 6.07) is 55.5. The highest BCUT2D eigenvalue weighted by molar-refractivity contribution is 7.26. The molecule has 196 valence electrons. The van der Waals surface area contributed by atoms with Crippen LogP contribution in [0.25, 0.3) is 63.3 Å². The van der Waals surface area contributed by atoms with Crippen LogP contribution in [0.1, 0.15) is 0 Å². The fourth-order valence-corrected chi connectivity index (χ4v) is 7.84. The first-order valence-electron chi connectivity index (χ1n) is 14.4. The molecule has 0 saturated carbocycles. The topological polar surface area (TPSA) is 3.24 Å². The van der Waals surface area contributed by atoms with Gasteiger partial charge in [0.25, 0.3) is 0 Å². The van der Waals surface area contributed by atoms with E-state index < -0.39 is 0 Å². The van der Waals surface area contributed by atoms with Gasteiger partial charge < -0.3 is 4.90 Å². The number of rotatable bonds is 3. The summed E-state index contributed by atoms with van der Waals surface area (Å²) in [5, 5.41) is 12.9. The minimum atomic E-state index is 1.14. The number of anilines is 3. The highest BCUT2D eigenvalue weighted by Gasteiger charge is 2.18. The lowest BCUT2D eigenvalue weighted by Gasteiger charge is -2.27. The van der Waals surface area contributed by atoms with E-state index in [1.54, 1.807) is 0 Å². The maximum absolute atomic E-state index is 2.41. The molecular weight excluding hydrogens is 527 g/mol.